The van der Waals surface area contributed by atoms with Gasteiger partial charge in [-0.25, -0.2) is 9.97 Å². The summed E-state index contributed by atoms with van der Waals surface area (Å²) in [5.74, 6) is -1.02. The van der Waals surface area contributed by atoms with Gasteiger partial charge in [0, 0.05) is 16.9 Å². The topological polar surface area (TPSA) is 99.2 Å². The highest BCUT2D eigenvalue weighted by molar-refractivity contribution is 6.34. The van der Waals surface area contributed by atoms with Gasteiger partial charge in [-0.05, 0) is 93.0 Å². The van der Waals surface area contributed by atoms with E-state index in [-0.39, 0.29) is 21.8 Å². The lowest BCUT2D eigenvalue weighted by molar-refractivity contribution is -0.137. The van der Waals surface area contributed by atoms with Gasteiger partial charge >= 0.3 is 6.18 Å². The third-order valence-corrected chi connectivity index (χ3v) is 7.30. The number of amides is 2. The third kappa shape index (κ3) is 9.75. The summed E-state index contributed by atoms with van der Waals surface area (Å²) in [7, 11) is 0. The predicted molar refractivity (Wildman–Crippen MR) is 171 cm³/mol. The molecule has 0 aliphatic heterocycles. The second-order valence-corrected chi connectivity index (χ2v) is 10.7. The first-order valence-corrected chi connectivity index (χ1v) is 14.9. The molecule has 3 N–H and O–H groups in total. The van der Waals surface area contributed by atoms with E-state index in [2.05, 4.69) is 56.8 Å². The number of hydrogen-bond acceptors (Lipinski definition) is 6. The average Bonchev–Trinajstić information content (AvgIpc) is 3.03. The van der Waals surface area contributed by atoms with Crippen LogP contribution in [0.25, 0.3) is 0 Å². The summed E-state index contributed by atoms with van der Waals surface area (Å²) in [6, 6.07) is 16.3. The van der Waals surface area contributed by atoms with Crippen molar-refractivity contribution in [3.8, 4) is 0 Å². The number of nitrogens with zero attached hydrogens (tertiary/aromatic N) is 3. The Morgan fingerprint density at radius 3 is 2.20 bits per heavy atom. The van der Waals surface area contributed by atoms with Crippen LogP contribution in [-0.2, 0) is 12.6 Å². The van der Waals surface area contributed by atoms with Gasteiger partial charge in [0.15, 0.2) is 0 Å². The quantitative estimate of drug-likeness (QED) is 0.137. The average molecular weight is 639 g/mol. The predicted octanol–water partition coefficient (Wildman–Crippen LogP) is 8.06. The molecule has 1 aromatic heterocycles. The van der Waals surface area contributed by atoms with E-state index in [1.54, 1.807) is 0 Å². The molecule has 0 bridgehead atoms. The van der Waals surface area contributed by atoms with E-state index in [4.69, 9.17) is 11.6 Å². The Hall–Kier alpha value is -4.48. The highest BCUT2D eigenvalue weighted by Crippen LogP contribution is 2.30. The zero-order chi connectivity index (χ0) is 32.4. The fraction of sp³-hybridized carbons (Fsp3) is 0.273. The van der Waals surface area contributed by atoms with Crippen LogP contribution in [0.4, 0.5) is 36.2 Å². The molecule has 0 saturated heterocycles. The van der Waals surface area contributed by atoms with E-state index >= 15 is 0 Å². The van der Waals surface area contributed by atoms with Crippen LogP contribution in [0.5, 0.6) is 0 Å². The van der Waals surface area contributed by atoms with Gasteiger partial charge < -0.3 is 20.9 Å². The maximum atomic E-state index is 13.0. The normalized spacial score (nSPS) is 11.4. The molecular weight excluding hydrogens is 605 g/mol. The van der Waals surface area contributed by atoms with Crippen molar-refractivity contribution >= 4 is 46.4 Å². The molecule has 4 rings (SSSR count). The zero-order valence-corrected chi connectivity index (χ0v) is 25.7. The highest BCUT2D eigenvalue weighted by Gasteiger charge is 2.31. The number of aryl methyl sites for hydroxylation is 1. The first-order valence-electron chi connectivity index (χ1n) is 14.6. The molecule has 0 fully saturated rings. The minimum atomic E-state index is -4.59. The van der Waals surface area contributed by atoms with Gasteiger partial charge in [-0.1, -0.05) is 43.6 Å². The SMILES string of the molecule is CCCN(CC)CCCc1ccc(Nc2ncc(NC(=O)c3cc(NC(=O)c4cccc(C(F)(F)F)c4)ccc3Cl)cn2)cc1. The highest BCUT2D eigenvalue weighted by atomic mass is 35.5. The Labute approximate surface area is 265 Å². The van der Waals surface area contributed by atoms with Crippen LogP contribution < -0.4 is 16.0 Å². The first-order chi connectivity index (χ1) is 21.5. The molecule has 2 amide bonds. The first kappa shape index (κ1) is 33.4. The van der Waals surface area contributed by atoms with E-state index in [0.29, 0.717) is 11.6 Å². The summed E-state index contributed by atoms with van der Waals surface area (Å²) < 4.78 is 39.1. The lowest BCUT2D eigenvalue weighted by Gasteiger charge is -2.19. The molecule has 236 valence electrons. The Kier molecular flexibility index (Phi) is 11.5. The summed E-state index contributed by atoms with van der Waals surface area (Å²) in [6.45, 7) is 7.65. The minimum Gasteiger partial charge on any atom is -0.324 e. The Morgan fingerprint density at radius 1 is 0.844 bits per heavy atom. The van der Waals surface area contributed by atoms with Crippen LogP contribution in [0.15, 0.2) is 79.1 Å². The molecule has 0 aliphatic carbocycles. The molecule has 0 saturated carbocycles. The van der Waals surface area contributed by atoms with Gasteiger partial charge in [0.1, 0.15) is 0 Å². The Bertz CT molecular complexity index is 1600. The molecule has 0 spiro atoms. The molecular formula is C33H34ClF3N6O2. The largest absolute Gasteiger partial charge is 0.416 e. The molecule has 4 aromatic rings. The molecule has 0 atom stereocenters. The van der Waals surface area contributed by atoms with E-state index in [0.717, 1.165) is 62.8 Å². The maximum Gasteiger partial charge on any atom is 0.416 e. The lowest BCUT2D eigenvalue weighted by Crippen LogP contribution is -2.25. The Balaban J connectivity index is 1.32. The molecule has 0 radical (unpaired) electrons. The van der Waals surface area contributed by atoms with Gasteiger partial charge in [-0.2, -0.15) is 13.2 Å². The number of carbonyl (C=O) groups excluding carboxylic acids is 2. The van der Waals surface area contributed by atoms with E-state index in [1.165, 1.54) is 42.2 Å². The number of alkyl halides is 3. The van der Waals surface area contributed by atoms with Crippen LogP contribution in [0.3, 0.4) is 0 Å². The smallest absolute Gasteiger partial charge is 0.324 e. The Morgan fingerprint density at radius 2 is 1.53 bits per heavy atom. The lowest BCUT2D eigenvalue weighted by atomic mass is 10.1. The summed E-state index contributed by atoms with van der Waals surface area (Å²) in [5, 5.41) is 8.40. The molecule has 0 unspecified atom stereocenters. The van der Waals surface area contributed by atoms with E-state index in [1.807, 2.05) is 12.1 Å². The molecule has 1 heterocycles. The van der Waals surface area contributed by atoms with Crippen molar-refractivity contribution in [2.24, 2.45) is 0 Å². The fourth-order valence-corrected chi connectivity index (χ4v) is 4.81. The van der Waals surface area contributed by atoms with Crippen molar-refractivity contribution in [3.63, 3.8) is 0 Å². The molecule has 0 aliphatic rings. The van der Waals surface area contributed by atoms with Crippen molar-refractivity contribution in [3.05, 3.63) is 106 Å². The van der Waals surface area contributed by atoms with Crippen LogP contribution in [-0.4, -0.2) is 46.3 Å². The molecule has 45 heavy (non-hydrogen) atoms. The number of rotatable bonds is 13. The monoisotopic (exact) mass is 638 g/mol. The fourth-order valence-electron chi connectivity index (χ4n) is 4.61. The number of carbonyl (C=O) groups is 2. The molecule has 3 aromatic carbocycles. The number of halogens is 4. The van der Waals surface area contributed by atoms with Crippen LogP contribution in [0.1, 0.15) is 58.5 Å². The van der Waals surface area contributed by atoms with Crippen molar-refractivity contribution < 1.29 is 22.8 Å². The maximum absolute atomic E-state index is 13.0. The van der Waals surface area contributed by atoms with Crippen LogP contribution in [0.2, 0.25) is 5.02 Å². The molecule has 12 heteroatoms. The molecule has 8 nitrogen and oxygen atoms in total. The van der Waals surface area contributed by atoms with Crippen molar-refractivity contribution in [1.29, 1.82) is 0 Å². The second-order valence-electron chi connectivity index (χ2n) is 10.3. The summed E-state index contributed by atoms with van der Waals surface area (Å²) in [4.78, 5) is 36.5. The summed E-state index contributed by atoms with van der Waals surface area (Å²) in [5.41, 5.74) is 1.47. The number of aromatic nitrogens is 2. The number of nitrogens with one attached hydrogen (secondary N) is 3. The number of hydrogen-bond donors (Lipinski definition) is 3. The van der Waals surface area contributed by atoms with Gasteiger partial charge in [0.05, 0.1) is 34.2 Å². The van der Waals surface area contributed by atoms with Gasteiger partial charge in [0.2, 0.25) is 5.95 Å². The standard InChI is InChI=1S/C33H34ClF3N6O2/c1-3-16-43(4-2)17-6-7-22-10-12-25(13-11-22)42-32-38-20-27(21-39-32)41-31(45)28-19-26(14-15-29(28)34)40-30(44)23-8-5-9-24(18-23)33(35,36)37/h5,8-15,18-21H,3-4,6-7,16-17H2,1-2H3,(H,40,44)(H,41,45)(H,38,39,42). The zero-order valence-electron chi connectivity index (χ0n) is 24.9. The van der Waals surface area contributed by atoms with Crippen molar-refractivity contribution in [2.75, 3.05) is 35.6 Å². The van der Waals surface area contributed by atoms with Gasteiger partial charge in [-0.3, -0.25) is 9.59 Å². The van der Waals surface area contributed by atoms with Gasteiger partial charge in [0.25, 0.3) is 11.8 Å². The van der Waals surface area contributed by atoms with E-state index in [9.17, 15) is 22.8 Å². The summed E-state index contributed by atoms with van der Waals surface area (Å²) >= 11 is 6.23. The van der Waals surface area contributed by atoms with Crippen molar-refractivity contribution in [1.82, 2.24) is 14.9 Å². The minimum absolute atomic E-state index is 0.0357. The van der Waals surface area contributed by atoms with Gasteiger partial charge in [-0.15, -0.1) is 0 Å². The van der Waals surface area contributed by atoms with Crippen molar-refractivity contribution in [2.45, 2.75) is 39.3 Å². The van der Waals surface area contributed by atoms with Crippen LogP contribution >= 0.6 is 11.6 Å². The van der Waals surface area contributed by atoms with E-state index < -0.39 is 23.6 Å². The van der Waals surface area contributed by atoms with Crippen LogP contribution in [0, 0.1) is 0 Å². The summed E-state index contributed by atoms with van der Waals surface area (Å²) in [6.07, 6.45) is 1.54. The second kappa shape index (κ2) is 15.5. The third-order valence-electron chi connectivity index (χ3n) is 6.97. The number of anilines is 4. The number of benzene rings is 3.